The van der Waals surface area contributed by atoms with E-state index in [1.54, 1.807) is 6.07 Å². The number of carbonyl (C=O) groups excluding carboxylic acids is 1. The number of amides is 1. The summed E-state index contributed by atoms with van der Waals surface area (Å²) < 4.78 is 13.7. The highest BCUT2D eigenvalue weighted by molar-refractivity contribution is 6.31. The first-order valence-electron chi connectivity index (χ1n) is 10.2. The maximum absolute atomic E-state index is 13.7. The first kappa shape index (κ1) is 18.5. The number of carbonyl (C=O) groups is 1. The summed E-state index contributed by atoms with van der Waals surface area (Å²) >= 11 is 0. The molecule has 1 N–H and O–H groups in total. The van der Waals surface area contributed by atoms with Crippen LogP contribution in [-0.4, -0.2) is 5.91 Å². The number of halogens is 1. The van der Waals surface area contributed by atoms with E-state index in [0.29, 0.717) is 34.1 Å². The molecule has 1 heterocycles. The molecule has 1 aliphatic heterocycles. The van der Waals surface area contributed by atoms with Crippen molar-refractivity contribution in [3.63, 3.8) is 0 Å². The first-order chi connectivity index (χ1) is 12.7. The van der Waals surface area contributed by atoms with Gasteiger partial charge in [-0.15, -0.1) is 0 Å². The van der Waals surface area contributed by atoms with Crippen molar-refractivity contribution in [2.75, 3.05) is 5.32 Å². The molecule has 1 aromatic rings. The van der Waals surface area contributed by atoms with Crippen LogP contribution in [0.2, 0.25) is 0 Å². The van der Waals surface area contributed by atoms with E-state index in [4.69, 9.17) is 0 Å². The number of nitrogens with one attached hydrogen (secondary N) is 1. The highest BCUT2D eigenvalue weighted by Crippen LogP contribution is 2.61. The zero-order valence-electron chi connectivity index (χ0n) is 16.7. The fourth-order valence-electron chi connectivity index (χ4n) is 6.31. The van der Waals surface area contributed by atoms with Gasteiger partial charge < -0.3 is 5.32 Å². The van der Waals surface area contributed by atoms with Crippen LogP contribution in [0.1, 0.15) is 64.9 Å². The molecular weight excluding hydrogens is 337 g/mol. The minimum absolute atomic E-state index is 0.123. The molecule has 0 radical (unpaired) electrons. The lowest BCUT2D eigenvalue weighted by molar-refractivity contribution is -0.110. The molecule has 0 spiro atoms. The minimum atomic E-state index is -0.306. The van der Waals surface area contributed by atoms with Crippen molar-refractivity contribution in [1.82, 2.24) is 0 Å². The molecular formula is C24H30FNO. The highest BCUT2D eigenvalue weighted by Gasteiger charge is 2.52. The van der Waals surface area contributed by atoms with Crippen LogP contribution in [0.15, 0.2) is 36.4 Å². The van der Waals surface area contributed by atoms with Crippen LogP contribution in [0.4, 0.5) is 10.1 Å². The number of hydrogen-bond acceptors (Lipinski definition) is 1. The van der Waals surface area contributed by atoms with Gasteiger partial charge in [0.25, 0.3) is 5.91 Å². The topological polar surface area (TPSA) is 29.1 Å². The van der Waals surface area contributed by atoms with Crippen LogP contribution in [0.3, 0.4) is 0 Å². The largest absolute Gasteiger partial charge is 0.321 e. The van der Waals surface area contributed by atoms with Gasteiger partial charge in [0.2, 0.25) is 0 Å². The molecule has 27 heavy (non-hydrogen) atoms. The van der Waals surface area contributed by atoms with Gasteiger partial charge in [0.05, 0.1) is 0 Å². The highest BCUT2D eigenvalue weighted by atomic mass is 19.1. The molecule has 1 aromatic carbocycles. The smallest absolute Gasteiger partial charge is 0.256 e. The molecule has 4 rings (SSSR count). The average molecular weight is 368 g/mol. The molecule has 3 atom stereocenters. The zero-order chi connectivity index (χ0) is 19.4. The summed E-state index contributed by atoms with van der Waals surface area (Å²) in [5, 5.41) is 2.86. The molecule has 2 saturated carbocycles. The Bertz CT molecular complexity index is 837. The second-order valence-electron chi connectivity index (χ2n) is 9.65. The fraction of sp³-hybridized carbons (Fsp3) is 0.542. The number of rotatable bonds is 2. The lowest BCUT2D eigenvalue weighted by Gasteiger charge is -2.58. The lowest BCUT2D eigenvalue weighted by atomic mass is 9.47. The molecule has 3 aliphatic rings. The second kappa shape index (κ2) is 6.32. The van der Waals surface area contributed by atoms with Crippen molar-refractivity contribution in [2.45, 2.75) is 59.3 Å². The summed E-state index contributed by atoms with van der Waals surface area (Å²) in [6.07, 6.45) is 8.92. The van der Waals surface area contributed by atoms with Crippen LogP contribution >= 0.6 is 0 Å². The van der Waals surface area contributed by atoms with Gasteiger partial charge >= 0.3 is 0 Å². The van der Waals surface area contributed by atoms with E-state index in [-0.39, 0.29) is 17.1 Å². The van der Waals surface area contributed by atoms with Gasteiger partial charge in [0, 0.05) is 16.8 Å². The van der Waals surface area contributed by atoms with E-state index >= 15 is 0 Å². The molecule has 1 amide bonds. The molecule has 3 heteroatoms. The number of anilines is 1. The number of allylic oxidation sites excluding steroid dienone is 2. The summed E-state index contributed by atoms with van der Waals surface area (Å²) in [4.78, 5) is 12.4. The Labute approximate surface area is 161 Å². The molecule has 144 valence electrons. The Balaban J connectivity index is 1.66. The minimum Gasteiger partial charge on any atom is -0.321 e. The third-order valence-corrected chi connectivity index (χ3v) is 7.64. The SMILES string of the molecule is C=C1CC[C@H]2C(C)(C)CCC[C@]2(C)[C@H]1C/C=C1/C(=O)Nc2ccc(F)cc21. The Morgan fingerprint density at radius 2 is 2.07 bits per heavy atom. The number of benzene rings is 1. The van der Waals surface area contributed by atoms with Crippen LogP contribution in [0, 0.1) is 28.5 Å². The van der Waals surface area contributed by atoms with Crippen LogP contribution < -0.4 is 5.32 Å². The number of hydrogen-bond donors (Lipinski definition) is 1. The predicted molar refractivity (Wildman–Crippen MR) is 109 cm³/mol. The fourth-order valence-corrected chi connectivity index (χ4v) is 6.31. The van der Waals surface area contributed by atoms with Gasteiger partial charge in [-0.1, -0.05) is 45.4 Å². The first-order valence-corrected chi connectivity index (χ1v) is 10.2. The van der Waals surface area contributed by atoms with Crippen molar-refractivity contribution in [1.29, 1.82) is 0 Å². The molecule has 2 aliphatic carbocycles. The summed E-state index contributed by atoms with van der Waals surface area (Å²) in [7, 11) is 0. The van der Waals surface area contributed by atoms with E-state index in [1.165, 1.54) is 43.4 Å². The average Bonchev–Trinajstić information content (AvgIpc) is 2.88. The van der Waals surface area contributed by atoms with Gasteiger partial charge in [0.1, 0.15) is 5.82 Å². The summed E-state index contributed by atoms with van der Waals surface area (Å²) in [5.41, 5.74) is 3.91. The molecule has 0 saturated heterocycles. The normalized spacial score (nSPS) is 33.6. The van der Waals surface area contributed by atoms with Crippen LogP contribution in [0.5, 0.6) is 0 Å². The quantitative estimate of drug-likeness (QED) is 0.479. The standard InChI is InChI=1S/C24H30FNO/c1-15-6-11-21-23(2,3)12-5-13-24(21,4)19(15)9-8-17-18-14-16(25)7-10-20(18)26-22(17)27/h7-8,10,14,19,21H,1,5-6,9,11-13H2,2-4H3,(H,26,27)/b17-8+/t19-,21-,24+/m0/s1. The second-order valence-corrected chi connectivity index (χ2v) is 9.65. The molecule has 0 unspecified atom stereocenters. The Morgan fingerprint density at radius 1 is 1.30 bits per heavy atom. The third kappa shape index (κ3) is 2.96. The van der Waals surface area contributed by atoms with Gasteiger partial charge in [0.15, 0.2) is 0 Å². The number of fused-ring (bicyclic) bond motifs is 2. The monoisotopic (exact) mass is 367 g/mol. The summed E-state index contributed by atoms with van der Waals surface area (Å²) in [6, 6.07) is 4.49. The van der Waals surface area contributed by atoms with E-state index < -0.39 is 0 Å². The van der Waals surface area contributed by atoms with Crippen molar-refractivity contribution >= 4 is 17.2 Å². The summed E-state index contributed by atoms with van der Waals surface area (Å²) in [6.45, 7) is 11.7. The molecule has 0 aromatic heterocycles. The van der Waals surface area contributed by atoms with Crippen molar-refractivity contribution < 1.29 is 9.18 Å². The Morgan fingerprint density at radius 3 is 2.85 bits per heavy atom. The Hall–Kier alpha value is -1.90. The van der Waals surface area contributed by atoms with Crippen LogP contribution in [0.25, 0.3) is 5.57 Å². The summed E-state index contributed by atoms with van der Waals surface area (Å²) in [5.74, 6) is 0.644. The molecule has 2 fully saturated rings. The molecule has 2 nitrogen and oxygen atoms in total. The van der Waals surface area contributed by atoms with Gasteiger partial charge in [-0.05, 0) is 73.0 Å². The van der Waals surface area contributed by atoms with Crippen molar-refractivity contribution in [3.05, 3.63) is 47.8 Å². The van der Waals surface area contributed by atoms with E-state index in [2.05, 4.69) is 32.7 Å². The van der Waals surface area contributed by atoms with E-state index in [1.807, 2.05) is 6.08 Å². The zero-order valence-corrected chi connectivity index (χ0v) is 16.7. The lowest BCUT2D eigenvalue weighted by Crippen LogP contribution is -2.49. The Kier molecular flexibility index (Phi) is 4.32. The van der Waals surface area contributed by atoms with Crippen molar-refractivity contribution in [3.8, 4) is 0 Å². The molecule has 0 bridgehead atoms. The van der Waals surface area contributed by atoms with Gasteiger partial charge in [-0.25, -0.2) is 4.39 Å². The van der Waals surface area contributed by atoms with Crippen molar-refractivity contribution in [2.24, 2.45) is 22.7 Å². The third-order valence-electron chi connectivity index (χ3n) is 7.64. The predicted octanol–water partition coefficient (Wildman–Crippen LogP) is 6.35. The maximum atomic E-state index is 13.7. The van der Waals surface area contributed by atoms with E-state index in [9.17, 15) is 9.18 Å². The van der Waals surface area contributed by atoms with E-state index in [0.717, 1.165) is 12.8 Å². The van der Waals surface area contributed by atoms with Crippen LogP contribution in [-0.2, 0) is 4.79 Å². The maximum Gasteiger partial charge on any atom is 0.256 e. The van der Waals surface area contributed by atoms with Gasteiger partial charge in [-0.2, -0.15) is 0 Å². The van der Waals surface area contributed by atoms with Gasteiger partial charge in [-0.3, -0.25) is 4.79 Å².